The van der Waals surface area contributed by atoms with E-state index in [0.29, 0.717) is 0 Å². The van der Waals surface area contributed by atoms with Gasteiger partial charge in [0.05, 0.1) is 39.3 Å². The minimum atomic E-state index is 0.0386. The van der Waals surface area contributed by atoms with Gasteiger partial charge in [-0.3, -0.25) is 0 Å². The zero-order valence-corrected chi connectivity index (χ0v) is 52.8. The molecule has 0 saturated carbocycles. The van der Waals surface area contributed by atoms with Crippen LogP contribution >= 0.6 is 0 Å². The van der Waals surface area contributed by atoms with Crippen molar-refractivity contribution in [1.29, 1.82) is 0 Å². The number of hydrogen-bond donors (Lipinski definition) is 0. The highest BCUT2D eigenvalue weighted by molar-refractivity contribution is 6.27. The fraction of sp³-hybridized carbons (Fsp3) is 0.0562. The van der Waals surface area contributed by atoms with Gasteiger partial charge in [0.1, 0.15) is 11.2 Å². The van der Waals surface area contributed by atoms with Gasteiger partial charge in [-0.1, -0.05) is 240 Å². The fourth-order valence-electron chi connectivity index (χ4n) is 14.4. The zero-order valence-electron chi connectivity index (χ0n) is 52.8. The number of benzene rings is 14. The Labute approximate surface area is 545 Å². The van der Waals surface area contributed by atoms with Crippen molar-refractivity contribution in [1.82, 2.24) is 4.40 Å². The highest BCUT2D eigenvalue weighted by atomic mass is 16.3. The molecule has 5 nitrogen and oxygen atoms in total. The molecule has 5 heteroatoms. The Kier molecular flexibility index (Phi) is 13.4. The maximum Gasteiger partial charge on any atom is 0.159 e. The van der Waals surface area contributed by atoms with Crippen molar-refractivity contribution in [2.75, 3.05) is 9.80 Å². The van der Waals surface area contributed by atoms with Crippen molar-refractivity contribution in [2.24, 2.45) is 0 Å². The summed E-state index contributed by atoms with van der Waals surface area (Å²) >= 11 is 0. The van der Waals surface area contributed by atoms with E-state index >= 15 is 0 Å². The molecule has 4 heterocycles. The lowest BCUT2D eigenvalue weighted by molar-refractivity contribution is 0.590. The van der Waals surface area contributed by atoms with Crippen molar-refractivity contribution in [3.8, 4) is 33.4 Å². The van der Waals surface area contributed by atoms with Crippen molar-refractivity contribution in [3.05, 3.63) is 322 Å². The molecule has 0 aliphatic heterocycles. The van der Waals surface area contributed by atoms with E-state index in [9.17, 15) is 0 Å². The molecule has 0 fully saturated rings. The molecular formula is C89H65N3O2. The molecule has 0 saturated heterocycles. The van der Waals surface area contributed by atoms with Crippen LogP contribution in [0.5, 0.6) is 0 Å². The molecule has 0 unspecified atom stereocenters. The minimum Gasteiger partial charge on any atom is -0.454 e. The summed E-state index contributed by atoms with van der Waals surface area (Å²) in [6.07, 6.45) is 5.58. The van der Waals surface area contributed by atoms with Gasteiger partial charge in [0, 0.05) is 65.6 Å². The summed E-state index contributed by atoms with van der Waals surface area (Å²) in [5, 5.41) is 13.9. The Morgan fingerprint density at radius 1 is 0.351 bits per heavy atom. The SMILES string of the molecule is C=C/C=C\C.CC(C)(C)c1ccc(-c2cc3c4cc5ccc(N(c6ccccc6-c6ccccc6)c6cccc7c6oc6ccccc67)cc5cc4n4c5cc6cc(N(c7ccccc7-c7ccccc7)c7cccc8c7oc7ccccc78)ccc6cc5c(c2)c34)cc1. The summed E-state index contributed by atoms with van der Waals surface area (Å²) in [4.78, 5) is 4.80. The average Bonchev–Trinajstić information content (AvgIpc) is 1.53. The van der Waals surface area contributed by atoms with Crippen LogP contribution in [0.4, 0.5) is 34.1 Å². The number of allylic oxidation sites excluding steroid dienone is 3. The average molecular weight is 1210 g/mol. The van der Waals surface area contributed by atoms with Crippen LogP contribution in [0.2, 0.25) is 0 Å². The normalized spacial score (nSPS) is 12.0. The lowest BCUT2D eigenvalue weighted by Gasteiger charge is -2.28. The topological polar surface area (TPSA) is 37.2 Å². The smallest absolute Gasteiger partial charge is 0.159 e. The predicted molar refractivity (Wildman–Crippen MR) is 400 cm³/mol. The lowest BCUT2D eigenvalue weighted by Crippen LogP contribution is -2.11. The van der Waals surface area contributed by atoms with Gasteiger partial charge < -0.3 is 23.0 Å². The Balaban J connectivity index is 0.00000130. The standard InChI is InChI=1S/C84H57N3O2.C5H8/c1-84(2,3)60-40-36-52(37-41-60)59-48-71-69-46-55-38-42-61(85(73-30-14-10-24-63(73)53-20-6-4-7-21-53)75-32-18-28-67-65-26-12-16-34-79(65)88-82(67)75)44-57(55)50-77(69)87-78-51-58-45-62(43-39-56(58)47-70(78)72(49-59)81(71)87)86(74-31-15-11-25-64(74)54-22-8-5-9-23-54)76-33-19-29-68-66-27-13-17-35-80(66)89-83(68)76;1-3-5-4-2/h4-51H,1-3H3;3-5H,1H2,2H3/b;5-4-. The first-order valence-corrected chi connectivity index (χ1v) is 32.4. The van der Waals surface area contributed by atoms with Crippen LogP contribution in [-0.4, -0.2) is 4.40 Å². The fourth-order valence-corrected chi connectivity index (χ4v) is 14.4. The third-order valence-electron chi connectivity index (χ3n) is 18.9. The molecule has 0 amide bonds. The van der Waals surface area contributed by atoms with E-state index in [1.165, 1.54) is 54.5 Å². The van der Waals surface area contributed by atoms with Crippen LogP contribution in [0.25, 0.3) is 137 Å². The highest BCUT2D eigenvalue weighted by Crippen LogP contribution is 2.50. The Bertz CT molecular complexity index is 5670. The Morgan fingerprint density at radius 2 is 0.787 bits per heavy atom. The molecular weight excluding hydrogens is 1140 g/mol. The van der Waals surface area contributed by atoms with Crippen LogP contribution in [0.3, 0.4) is 0 Å². The van der Waals surface area contributed by atoms with Gasteiger partial charge in [0.2, 0.25) is 0 Å². The Hall–Kier alpha value is -11.9. The molecule has 14 aromatic carbocycles. The zero-order chi connectivity index (χ0) is 63.2. The third-order valence-corrected chi connectivity index (χ3v) is 18.9. The first kappa shape index (κ1) is 56.1. The van der Waals surface area contributed by atoms with Gasteiger partial charge in [-0.15, -0.1) is 0 Å². The minimum absolute atomic E-state index is 0.0386. The van der Waals surface area contributed by atoms with E-state index in [0.717, 1.165) is 122 Å². The molecule has 0 aliphatic rings. The molecule has 0 radical (unpaired) electrons. The molecule has 0 bridgehead atoms. The molecule has 0 N–H and O–H groups in total. The van der Waals surface area contributed by atoms with Gasteiger partial charge in [-0.25, -0.2) is 0 Å². The number of hydrogen-bond acceptors (Lipinski definition) is 4. The first-order valence-electron chi connectivity index (χ1n) is 32.4. The summed E-state index contributed by atoms with van der Waals surface area (Å²) in [5.74, 6) is 0. The van der Waals surface area contributed by atoms with Gasteiger partial charge in [0.25, 0.3) is 0 Å². The molecule has 448 valence electrons. The van der Waals surface area contributed by atoms with E-state index in [-0.39, 0.29) is 5.41 Å². The number of nitrogens with zero attached hydrogens (tertiary/aromatic N) is 3. The van der Waals surface area contributed by atoms with Crippen molar-refractivity contribution < 1.29 is 8.83 Å². The van der Waals surface area contributed by atoms with Gasteiger partial charge >= 0.3 is 0 Å². The lowest BCUT2D eigenvalue weighted by atomic mass is 9.86. The van der Waals surface area contributed by atoms with E-state index in [2.05, 4.69) is 321 Å². The second kappa shape index (κ2) is 22.5. The van der Waals surface area contributed by atoms with Crippen LogP contribution < -0.4 is 9.80 Å². The molecule has 94 heavy (non-hydrogen) atoms. The Morgan fingerprint density at radius 3 is 1.24 bits per heavy atom. The van der Waals surface area contributed by atoms with E-state index in [4.69, 9.17) is 8.83 Å². The summed E-state index contributed by atoms with van der Waals surface area (Å²) in [7, 11) is 0. The van der Waals surface area contributed by atoms with Crippen LogP contribution in [0.15, 0.2) is 325 Å². The number of furan rings is 2. The van der Waals surface area contributed by atoms with Gasteiger partial charge in [-0.05, 0) is 159 Å². The summed E-state index contributed by atoms with van der Waals surface area (Å²) in [6, 6.07) is 106. The van der Waals surface area contributed by atoms with E-state index in [1.54, 1.807) is 6.08 Å². The van der Waals surface area contributed by atoms with Gasteiger partial charge in [0.15, 0.2) is 11.2 Å². The molecule has 0 atom stereocenters. The van der Waals surface area contributed by atoms with Crippen LogP contribution in [0.1, 0.15) is 33.3 Å². The molecule has 18 rings (SSSR count). The number of para-hydroxylation sites is 6. The first-order chi connectivity index (χ1) is 46.2. The largest absolute Gasteiger partial charge is 0.454 e. The number of fused-ring (bicyclic) bond motifs is 14. The predicted octanol–water partition coefficient (Wildman–Crippen LogP) is 25.9. The summed E-state index contributed by atoms with van der Waals surface area (Å²) in [5.41, 5.74) is 21.4. The second-order valence-electron chi connectivity index (χ2n) is 25.6. The maximum atomic E-state index is 6.86. The molecule has 18 aromatic rings. The van der Waals surface area contributed by atoms with Gasteiger partial charge in [-0.2, -0.15) is 0 Å². The van der Waals surface area contributed by atoms with Crippen molar-refractivity contribution >= 4 is 138 Å². The van der Waals surface area contributed by atoms with Crippen molar-refractivity contribution in [3.63, 3.8) is 0 Å². The van der Waals surface area contributed by atoms with Crippen molar-refractivity contribution in [2.45, 2.75) is 33.1 Å². The maximum absolute atomic E-state index is 6.86. The van der Waals surface area contributed by atoms with E-state index < -0.39 is 0 Å². The number of rotatable bonds is 10. The van der Waals surface area contributed by atoms with E-state index in [1.807, 2.05) is 31.2 Å². The second-order valence-corrected chi connectivity index (χ2v) is 25.6. The third kappa shape index (κ3) is 9.30. The molecule has 0 aliphatic carbocycles. The highest BCUT2D eigenvalue weighted by Gasteiger charge is 2.27. The molecule has 4 aromatic heterocycles. The van der Waals surface area contributed by atoms with Crippen LogP contribution in [0, 0.1) is 0 Å². The quantitative estimate of drug-likeness (QED) is 0.128. The van der Waals surface area contributed by atoms with Crippen LogP contribution in [-0.2, 0) is 5.41 Å². The summed E-state index contributed by atoms with van der Waals surface area (Å²) < 4.78 is 16.3. The monoisotopic (exact) mass is 1210 g/mol. The number of aromatic nitrogens is 1. The number of anilines is 6. The summed E-state index contributed by atoms with van der Waals surface area (Å²) in [6.45, 7) is 12.3. The molecule has 0 spiro atoms.